The highest BCUT2D eigenvalue weighted by atomic mass is 35.5. The van der Waals surface area contributed by atoms with Crippen molar-refractivity contribution in [2.75, 3.05) is 24.2 Å². The number of aromatic nitrogens is 4. The normalized spacial score (nSPS) is 11.6. The van der Waals surface area contributed by atoms with Gasteiger partial charge in [-0.15, -0.1) is 11.3 Å². The number of fused-ring (bicyclic) bond motifs is 1. The summed E-state index contributed by atoms with van der Waals surface area (Å²) < 4.78 is 59.3. The van der Waals surface area contributed by atoms with E-state index in [0.29, 0.717) is 69.5 Å². The first-order chi connectivity index (χ1) is 23.2. The number of nitrogens with one attached hydrogen (secondary N) is 2. The predicted octanol–water partition coefficient (Wildman–Crippen LogP) is 7.40. The number of hydrogen-bond acceptors (Lipinski definition) is 10. The van der Waals surface area contributed by atoms with Gasteiger partial charge in [0.2, 0.25) is 0 Å². The molecule has 0 unspecified atom stereocenters. The number of aryl methyl sites for hydroxylation is 1. The number of anilines is 2. The van der Waals surface area contributed by atoms with Crippen LogP contribution in [0.3, 0.4) is 0 Å². The van der Waals surface area contributed by atoms with Crippen LogP contribution in [-0.4, -0.2) is 47.2 Å². The molecule has 0 atom stereocenters. The Balaban J connectivity index is 1.08. The van der Waals surface area contributed by atoms with E-state index in [1.54, 1.807) is 48.5 Å². The van der Waals surface area contributed by atoms with Crippen LogP contribution in [-0.2, 0) is 22.9 Å². The molecule has 0 fully saturated rings. The van der Waals surface area contributed by atoms with E-state index < -0.39 is 15.7 Å². The van der Waals surface area contributed by atoms with Crippen LogP contribution in [0.25, 0.3) is 22.2 Å². The van der Waals surface area contributed by atoms with Gasteiger partial charge < -0.3 is 15.4 Å². The molecule has 48 heavy (non-hydrogen) atoms. The summed E-state index contributed by atoms with van der Waals surface area (Å²) in [5.41, 5.74) is 2.54. The molecule has 14 heteroatoms. The zero-order chi connectivity index (χ0) is 33.5. The first-order valence-electron chi connectivity index (χ1n) is 14.9. The van der Waals surface area contributed by atoms with Crippen LogP contribution >= 0.6 is 22.9 Å². The first kappa shape index (κ1) is 33.3. The minimum Gasteiger partial charge on any atom is -0.487 e. The Morgan fingerprint density at radius 2 is 1.83 bits per heavy atom. The second-order valence-corrected chi connectivity index (χ2v) is 14.1. The Hall–Kier alpha value is -4.56. The molecular weight excluding hydrogens is 678 g/mol. The Bertz CT molecular complexity index is 2150. The number of hydrogen-bond donors (Lipinski definition) is 2. The van der Waals surface area contributed by atoms with Crippen LogP contribution < -0.4 is 15.4 Å². The van der Waals surface area contributed by atoms with E-state index in [1.165, 1.54) is 48.1 Å². The molecule has 2 N–H and O–H groups in total. The van der Waals surface area contributed by atoms with E-state index >= 15 is 4.39 Å². The largest absolute Gasteiger partial charge is 0.487 e. The van der Waals surface area contributed by atoms with Crippen molar-refractivity contribution in [3.8, 4) is 17.0 Å². The van der Waals surface area contributed by atoms with Crippen molar-refractivity contribution >= 4 is 55.2 Å². The Morgan fingerprint density at radius 1 is 0.938 bits per heavy atom. The fraction of sp³-hybridized carbons (Fsp3) is 0.176. The third-order valence-electron chi connectivity index (χ3n) is 7.28. The molecular formula is C34H29ClF2N6O3S2. The summed E-state index contributed by atoms with van der Waals surface area (Å²) in [6.45, 7) is 1.07. The average Bonchev–Trinajstić information content (AvgIpc) is 3.55. The van der Waals surface area contributed by atoms with Crippen molar-refractivity contribution < 1.29 is 21.9 Å². The molecule has 0 saturated carbocycles. The summed E-state index contributed by atoms with van der Waals surface area (Å²) in [5, 5.41) is 10.1. The minimum absolute atomic E-state index is 0.0437. The van der Waals surface area contributed by atoms with E-state index in [0.717, 1.165) is 11.4 Å². The zero-order valence-electron chi connectivity index (χ0n) is 25.4. The number of rotatable bonds is 14. The van der Waals surface area contributed by atoms with Crippen molar-refractivity contribution in [3.05, 3.63) is 118 Å². The number of benzene rings is 3. The van der Waals surface area contributed by atoms with Crippen molar-refractivity contribution in [2.45, 2.75) is 24.5 Å². The van der Waals surface area contributed by atoms with Gasteiger partial charge in [0.1, 0.15) is 36.1 Å². The highest BCUT2D eigenvalue weighted by molar-refractivity contribution is 7.91. The molecule has 0 aliphatic carbocycles. The maximum Gasteiger partial charge on any atom is 0.196 e. The van der Waals surface area contributed by atoms with Gasteiger partial charge in [-0.05, 0) is 67.1 Å². The van der Waals surface area contributed by atoms with Crippen molar-refractivity contribution in [3.63, 3.8) is 0 Å². The van der Waals surface area contributed by atoms with Crippen LogP contribution in [0.15, 0.2) is 95.7 Å². The van der Waals surface area contributed by atoms with Crippen molar-refractivity contribution in [2.24, 2.45) is 0 Å². The standard InChI is InChI=1S/C34H29ClF2N6O3S2/c35-27-16-24(9-10-31(27)46-19-22-5-3-6-23(36)15-22)42-34-26-17-25(28(37)18-29(26)40-21-41-34)30-20-47-32(43-30)7-4-11-38-13-14-48(44,45)33-8-1-2-12-39-33/h1-3,5-6,8-10,12,15-18,20-21,38H,4,7,11,13-14,19H2,(H,40,41,42). The maximum atomic E-state index is 15.3. The zero-order valence-corrected chi connectivity index (χ0v) is 27.8. The van der Waals surface area contributed by atoms with Crippen LogP contribution in [0.2, 0.25) is 5.02 Å². The van der Waals surface area contributed by atoms with Gasteiger partial charge >= 0.3 is 0 Å². The fourth-order valence-electron chi connectivity index (χ4n) is 4.87. The molecule has 0 amide bonds. The summed E-state index contributed by atoms with van der Waals surface area (Å²) in [4.78, 5) is 17.2. The summed E-state index contributed by atoms with van der Waals surface area (Å²) in [6.07, 6.45) is 4.20. The van der Waals surface area contributed by atoms with Crippen molar-refractivity contribution in [1.29, 1.82) is 0 Å². The van der Waals surface area contributed by atoms with E-state index in [-0.39, 0.29) is 23.2 Å². The lowest BCUT2D eigenvalue weighted by molar-refractivity contribution is 0.306. The van der Waals surface area contributed by atoms with Gasteiger partial charge in [0, 0.05) is 47.2 Å². The van der Waals surface area contributed by atoms with E-state index in [9.17, 15) is 12.8 Å². The van der Waals surface area contributed by atoms with Crippen LogP contribution in [0.4, 0.5) is 20.3 Å². The molecule has 3 aromatic heterocycles. The minimum atomic E-state index is -3.44. The van der Waals surface area contributed by atoms with E-state index in [4.69, 9.17) is 16.3 Å². The van der Waals surface area contributed by atoms with Gasteiger partial charge in [-0.2, -0.15) is 0 Å². The number of pyridine rings is 1. The van der Waals surface area contributed by atoms with Crippen LogP contribution in [0.5, 0.6) is 5.75 Å². The quantitative estimate of drug-likeness (QED) is 0.112. The second-order valence-electron chi connectivity index (χ2n) is 10.7. The third-order valence-corrected chi connectivity index (χ3v) is 10.1. The molecule has 0 aliphatic heterocycles. The summed E-state index contributed by atoms with van der Waals surface area (Å²) in [5.74, 6) is 0.0526. The molecule has 246 valence electrons. The smallest absolute Gasteiger partial charge is 0.196 e. The molecule has 3 heterocycles. The fourth-order valence-corrected chi connectivity index (χ4v) is 7.08. The lowest BCUT2D eigenvalue weighted by Gasteiger charge is -2.12. The lowest BCUT2D eigenvalue weighted by Crippen LogP contribution is -2.24. The number of sulfone groups is 1. The van der Waals surface area contributed by atoms with Crippen LogP contribution in [0.1, 0.15) is 17.0 Å². The molecule has 0 aliphatic rings. The number of thiazole rings is 1. The van der Waals surface area contributed by atoms with Gasteiger partial charge in [0.15, 0.2) is 14.9 Å². The molecule has 6 rings (SSSR count). The summed E-state index contributed by atoms with van der Waals surface area (Å²) in [7, 11) is -3.44. The number of nitrogens with zero attached hydrogens (tertiary/aromatic N) is 4. The van der Waals surface area contributed by atoms with Gasteiger partial charge in [-0.25, -0.2) is 37.1 Å². The van der Waals surface area contributed by atoms with E-state index in [1.807, 2.05) is 5.38 Å². The Morgan fingerprint density at radius 3 is 2.65 bits per heavy atom. The van der Waals surface area contributed by atoms with Gasteiger partial charge in [-0.1, -0.05) is 29.8 Å². The topological polar surface area (TPSA) is 119 Å². The maximum absolute atomic E-state index is 15.3. The second kappa shape index (κ2) is 15.1. The Labute approximate surface area is 285 Å². The monoisotopic (exact) mass is 706 g/mol. The SMILES string of the molecule is O=S(=O)(CCNCCCc1nc(-c2cc3c(Nc4ccc(OCc5cccc(F)c5)c(Cl)c4)ncnc3cc2F)cs1)c1ccccn1. The molecule has 9 nitrogen and oxygen atoms in total. The van der Waals surface area contributed by atoms with Gasteiger partial charge in [0.05, 0.1) is 27.0 Å². The third kappa shape index (κ3) is 8.29. The first-order valence-corrected chi connectivity index (χ1v) is 17.8. The summed E-state index contributed by atoms with van der Waals surface area (Å²) in [6, 6.07) is 19.1. The molecule has 3 aromatic carbocycles. The van der Waals surface area contributed by atoms with Gasteiger partial charge in [0.25, 0.3) is 0 Å². The predicted molar refractivity (Wildman–Crippen MR) is 184 cm³/mol. The molecule has 0 bridgehead atoms. The highest BCUT2D eigenvalue weighted by Gasteiger charge is 2.16. The highest BCUT2D eigenvalue weighted by Crippen LogP contribution is 2.34. The molecule has 0 radical (unpaired) electrons. The number of halogens is 3. The lowest BCUT2D eigenvalue weighted by atomic mass is 10.1. The Kier molecular flexibility index (Phi) is 10.5. The molecule has 0 saturated heterocycles. The molecule has 6 aromatic rings. The van der Waals surface area contributed by atoms with Gasteiger partial charge in [-0.3, -0.25) is 0 Å². The summed E-state index contributed by atoms with van der Waals surface area (Å²) >= 11 is 7.92. The molecule has 0 spiro atoms. The number of ether oxygens (including phenoxy) is 1. The average molecular weight is 707 g/mol. The van der Waals surface area contributed by atoms with E-state index in [2.05, 4.69) is 30.6 Å². The van der Waals surface area contributed by atoms with Crippen molar-refractivity contribution in [1.82, 2.24) is 25.3 Å². The van der Waals surface area contributed by atoms with Crippen LogP contribution in [0, 0.1) is 11.6 Å².